The van der Waals surface area contributed by atoms with E-state index in [0.29, 0.717) is 23.8 Å². The minimum Gasteiger partial charge on any atom is -0.356 e. The number of rotatable bonds is 4. The highest BCUT2D eigenvalue weighted by atomic mass is 35.5. The summed E-state index contributed by atoms with van der Waals surface area (Å²) < 4.78 is 5.53. The molecule has 174 valence electrons. The van der Waals surface area contributed by atoms with Gasteiger partial charge in [-0.3, -0.25) is 4.79 Å². The van der Waals surface area contributed by atoms with Gasteiger partial charge in [-0.2, -0.15) is 4.98 Å². The van der Waals surface area contributed by atoms with Crippen molar-refractivity contribution in [3.05, 3.63) is 64.9 Å². The van der Waals surface area contributed by atoms with Crippen LogP contribution in [0.3, 0.4) is 0 Å². The summed E-state index contributed by atoms with van der Waals surface area (Å²) in [5.74, 6) is 0.853. The fourth-order valence-corrected chi connectivity index (χ4v) is 4.76. The molecule has 1 aliphatic rings. The van der Waals surface area contributed by atoms with Gasteiger partial charge < -0.3 is 14.3 Å². The van der Waals surface area contributed by atoms with Crippen molar-refractivity contribution in [1.82, 2.24) is 15.1 Å². The Balaban J connectivity index is 1.36. The summed E-state index contributed by atoms with van der Waals surface area (Å²) in [5.41, 5.74) is 5.22. The second-order valence-electron chi connectivity index (χ2n) is 8.86. The lowest BCUT2D eigenvalue weighted by Crippen LogP contribution is -2.41. The third-order valence-electron chi connectivity index (χ3n) is 6.58. The Morgan fingerprint density at radius 3 is 2.56 bits per heavy atom. The highest BCUT2D eigenvalue weighted by molar-refractivity contribution is 6.31. The molecule has 1 saturated heterocycles. The molecule has 2 aromatic heterocycles. The molecule has 0 bridgehead atoms. The van der Waals surface area contributed by atoms with E-state index in [1.807, 2.05) is 44.3 Å². The van der Waals surface area contributed by atoms with Crippen LogP contribution >= 0.6 is 11.6 Å². The van der Waals surface area contributed by atoms with Gasteiger partial charge in [0.05, 0.1) is 0 Å². The first-order valence-corrected chi connectivity index (χ1v) is 11.8. The summed E-state index contributed by atoms with van der Waals surface area (Å²) in [4.78, 5) is 26.1. The molecule has 1 fully saturated rings. The van der Waals surface area contributed by atoms with E-state index < -0.39 is 0 Å². The number of anilines is 2. The molecule has 0 saturated carbocycles. The van der Waals surface area contributed by atoms with Gasteiger partial charge in [-0.15, -0.1) is 0 Å². The molecule has 5 rings (SSSR count). The number of nitrogens with zero attached hydrogens (tertiary/aromatic N) is 5. The normalized spacial score (nSPS) is 14.5. The van der Waals surface area contributed by atoms with Crippen molar-refractivity contribution >= 4 is 40.1 Å². The molecule has 7 nitrogen and oxygen atoms in total. The first-order valence-electron chi connectivity index (χ1n) is 11.4. The van der Waals surface area contributed by atoms with Crippen molar-refractivity contribution < 1.29 is 9.32 Å². The van der Waals surface area contributed by atoms with Gasteiger partial charge in [-0.1, -0.05) is 52.7 Å². The smallest absolute Gasteiger partial charge is 0.263 e. The Kier molecular flexibility index (Phi) is 5.96. The van der Waals surface area contributed by atoms with Gasteiger partial charge in [0.2, 0.25) is 5.91 Å². The number of amides is 1. The van der Waals surface area contributed by atoms with Crippen LogP contribution in [0.5, 0.6) is 0 Å². The van der Waals surface area contributed by atoms with E-state index in [2.05, 4.69) is 39.1 Å². The fraction of sp³-hybridized carbons (Fsp3) is 0.308. The second-order valence-corrected chi connectivity index (χ2v) is 9.30. The van der Waals surface area contributed by atoms with Crippen LogP contribution in [0.4, 0.5) is 11.5 Å². The summed E-state index contributed by atoms with van der Waals surface area (Å²) in [7, 11) is 1.83. The van der Waals surface area contributed by atoms with Crippen LogP contribution < -0.4 is 9.80 Å². The average Bonchev–Trinajstić information content (AvgIpc) is 3.30. The first-order chi connectivity index (χ1) is 16.4. The van der Waals surface area contributed by atoms with Gasteiger partial charge >= 0.3 is 0 Å². The average molecular weight is 476 g/mol. The van der Waals surface area contributed by atoms with Crippen molar-refractivity contribution in [1.29, 1.82) is 0 Å². The predicted octanol–water partition coefficient (Wildman–Crippen LogP) is 5.43. The van der Waals surface area contributed by atoms with Crippen LogP contribution in [-0.4, -0.2) is 41.2 Å². The van der Waals surface area contributed by atoms with Crippen LogP contribution in [0.2, 0.25) is 5.02 Å². The SMILES string of the molecule is Cc1ccc(-c2noc3ncnc(N4CCC(C(=O)N(C)c5cc(Cl)ccc5C)CC4)c23)cc1. The van der Waals surface area contributed by atoms with E-state index in [4.69, 9.17) is 16.1 Å². The van der Waals surface area contributed by atoms with Crippen LogP contribution in [0.25, 0.3) is 22.4 Å². The van der Waals surface area contributed by atoms with E-state index in [1.165, 1.54) is 11.9 Å². The Morgan fingerprint density at radius 2 is 1.82 bits per heavy atom. The number of aryl methyl sites for hydroxylation is 2. The maximum absolute atomic E-state index is 13.3. The zero-order valence-electron chi connectivity index (χ0n) is 19.5. The number of halogens is 1. The lowest BCUT2D eigenvalue weighted by molar-refractivity contribution is -0.122. The molecule has 1 aliphatic heterocycles. The summed E-state index contributed by atoms with van der Waals surface area (Å²) in [5, 5.41) is 5.72. The summed E-state index contributed by atoms with van der Waals surface area (Å²) in [6, 6.07) is 13.8. The molecule has 4 aromatic rings. The van der Waals surface area contributed by atoms with Gasteiger partial charge in [0.15, 0.2) is 0 Å². The Morgan fingerprint density at radius 1 is 1.09 bits per heavy atom. The highest BCUT2D eigenvalue weighted by Gasteiger charge is 2.30. The van der Waals surface area contributed by atoms with E-state index in [-0.39, 0.29) is 11.8 Å². The highest BCUT2D eigenvalue weighted by Crippen LogP contribution is 2.35. The van der Waals surface area contributed by atoms with Crippen LogP contribution in [0, 0.1) is 19.8 Å². The number of hydrogen-bond donors (Lipinski definition) is 0. The quantitative estimate of drug-likeness (QED) is 0.391. The molecule has 3 heterocycles. The molecule has 2 aromatic carbocycles. The Labute approximate surface area is 203 Å². The van der Waals surface area contributed by atoms with Crippen molar-refractivity contribution in [3.8, 4) is 11.3 Å². The number of carbonyl (C=O) groups excluding carboxylic acids is 1. The van der Waals surface area contributed by atoms with Crippen LogP contribution in [0.15, 0.2) is 53.3 Å². The van der Waals surface area contributed by atoms with Crippen LogP contribution in [0.1, 0.15) is 24.0 Å². The molecule has 34 heavy (non-hydrogen) atoms. The maximum Gasteiger partial charge on any atom is 0.263 e. The largest absolute Gasteiger partial charge is 0.356 e. The second kappa shape index (κ2) is 9.06. The van der Waals surface area contributed by atoms with Gasteiger partial charge in [0, 0.05) is 42.3 Å². The van der Waals surface area contributed by atoms with Crippen molar-refractivity contribution in [3.63, 3.8) is 0 Å². The molecule has 0 spiro atoms. The molecule has 0 aliphatic carbocycles. The molecule has 0 unspecified atom stereocenters. The minimum absolute atomic E-state index is 0.0593. The third-order valence-corrected chi connectivity index (χ3v) is 6.82. The number of fused-ring (bicyclic) bond motifs is 1. The van der Waals surface area contributed by atoms with E-state index in [0.717, 1.165) is 46.6 Å². The number of carbonyl (C=O) groups is 1. The van der Waals surface area contributed by atoms with E-state index in [9.17, 15) is 4.79 Å². The summed E-state index contributed by atoms with van der Waals surface area (Å²) in [6.07, 6.45) is 2.98. The maximum atomic E-state index is 13.3. The zero-order valence-corrected chi connectivity index (χ0v) is 20.2. The van der Waals surface area contributed by atoms with Gasteiger partial charge in [0.1, 0.15) is 23.2 Å². The van der Waals surface area contributed by atoms with Gasteiger partial charge in [-0.05, 0) is 44.4 Å². The molecule has 0 radical (unpaired) electrons. The Hall–Kier alpha value is -3.45. The number of aromatic nitrogens is 3. The van der Waals surface area contributed by atoms with Crippen molar-refractivity contribution in [2.45, 2.75) is 26.7 Å². The predicted molar refractivity (Wildman–Crippen MR) is 134 cm³/mol. The fourth-order valence-electron chi connectivity index (χ4n) is 4.59. The molecule has 0 N–H and O–H groups in total. The Bertz CT molecular complexity index is 1340. The minimum atomic E-state index is -0.0593. The molecule has 1 amide bonds. The summed E-state index contributed by atoms with van der Waals surface area (Å²) >= 11 is 6.17. The molecular formula is C26H26ClN5O2. The number of piperidine rings is 1. The standard InChI is InChI=1S/C26H26ClN5O2/c1-16-4-7-18(8-5-16)23-22-24(28-15-29-25(22)34-30-23)32-12-10-19(11-13-32)26(33)31(3)21-14-20(27)9-6-17(21)2/h4-9,14-15,19H,10-13H2,1-3H3. The van der Waals surface area contributed by atoms with E-state index >= 15 is 0 Å². The zero-order chi connectivity index (χ0) is 23.8. The molecule has 8 heteroatoms. The first kappa shape index (κ1) is 22.3. The van der Waals surface area contributed by atoms with Crippen molar-refractivity contribution in [2.24, 2.45) is 5.92 Å². The monoisotopic (exact) mass is 475 g/mol. The molecular weight excluding hydrogens is 450 g/mol. The molecule has 0 atom stereocenters. The lowest BCUT2D eigenvalue weighted by Gasteiger charge is -2.34. The number of hydrogen-bond acceptors (Lipinski definition) is 6. The number of benzene rings is 2. The topological polar surface area (TPSA) is 75.4 Å². The third kappa shape index (κ3) is 4.12. The van der Waals surface area contributed by atoms with Gasteiger partial charge in [-0.25, -0.2) is 4.98 Å². The van der Waals surface area contributed by atoms with Crippen LogP contribution in [-0.2, 0) is 4.79 Å². The lowest BCUT2D eigenvalue weighted by atomic mass is 9.94. The van der Waals surface area contributed by atoms with E-state index in [1.54, 1.807) is 4.90 Å². The van der Waals surface area contributed by atoms with Gasteiger partial charge in [0.25, 0.3) is 5.71 Å². The van der Waals surface area contributed by atoms with Crippen molar-refractivity contribution in [2.75, 3.05) is 29.9 Å². The summed E-state index contributed by atoms with van der Waals surface area (Å²) in [6.45, 7) is 5.46.